The normalized spacial score (nSPS) is 31.5. The standard InChI is InChI=1S/C6H10BrF2NO2S/c1-4-2-5(7)3-10(4)13(11,12)6(8)9/h4-6H,2-3H2,1H3. The summed E-state index contributed by atoms with van der Waals surface area (Å²) in [6, 6.07) is -0.344. The number of halogens is 3. The van der Waals surface area contributed by atoms with E-state index in [-0.39, 0.29) is 17.4 Å². The van der Waals surface area contributed by atoms with Crippen LogP contribution in [0.1, 0.15) is 13.3 Å². The van der Waals surface area contributed by atoms with Gasteiger partial charge < -0.3 is 0 Å². The predicted molar refractivity (Wildman–Crippen MR) is 48.4 cm³/mol. The molecule has 2 atom stereocenters. The van der Waals surface area contributed by atoms with Gasteiger partial charge in [0.05, 0.1) is 0 Å². The van der Waals surface area contributed by atoms with E-state index in [1.54, 1.807) is 6.92 Å². The smallest absolute Gasteiger partial charge is 0.206 e. The maximum absolute atomic E-state index is 12.1. The van der Waals surface area contributed by atoms with E-state index in [9.17, 15) is 17.2 Å². The molecule has 0 aliphatic carbocycles. The molecule has 0 N–H and O–H groups in total. The zero-order valence-corrected chi connectivity index (χ0v) is 9.35. The molecule has 1 heterocycles. The Kier molecular flexibility index (Phi) is 3.29. The van der Waals surface area contributed by atoms with Crippen LogP contribution in [0, 0.1) is 0 Å². The summed E-state index contributed by atoms with van der Waals surface area (Å²) in [6.07, 6.45) is 0.575. The minimum atomic E-state index is -4.39. The molecule has 0 amide bonds. The minimum Gasteiger partial charge on any atom is -0.206 e. The van der Waals surface area contributed by atoms with Crippen molar-refractivity contribution < 1.29 is 17.2 Å². The van der Waals surface area contributed by atoms with Gasteiger partial charge in [-0.05, 0) is 13.3 Å². The Morgan fingerprint density at radius 1 is 1.54 bits per heavy atom. The maximum atomic E-state index is 12.1. The van der Waals surface area contributed by atoms with Crippen LogP contribution in [-0.2, 0) is 10.0 Å². The van der Waals surface area contributed by atoms with Gasteiger partial charge in [-0.3, -0.25) is 0 Å². The van der Waals surface area contributed by atoms with Gasteiger partial charge in [0, 0.05) is 17.4 Å². The van der Waals surface area contributed by atoms with E-state index in [4.69, 9.17) is 0 Å². The van der Waals surface area contributed by atoms with Crippen LogP contribution in [0.25, 0.3) is 0 Å². The number of sulfonamides is 1. The van der Waals surface area contributed by atoms with Gasteiger partial charge in [-0.25, -0.2) is 8.42 Å². The molecule has 7 heteroatoms. The minimum absolute atomic E-state index is 0.0176. The summed E-state index contributed by atoms with van der Waals surface area (Å²) in [4.78, 5) is -0.0176. The van der Waals surface area contributed by atoms with Crippen molar-refractivity contribution in [3.05, 3.63) is 0 Å². The Balaban J connectivity index is 2.84. The summed E-state index contributed by atoms with van der Waals surface area (Å²) in [7, 11) is -4.39. The lowest BCUT2D eigenvalue weighted by Gasteiger charge is -2.19. The second-order valence-corrected chi connectivity index (χ2v) is 6.21. The first-order chi connectivity index (χ1) is 5.85. The average molecular weight is 278 g/mol. The average Bonchev–Trinajstić information content (AvgIpc) is 2.30. The Hall–Kier alpha value is 0.250. The molecular weight excluding hydrogens is 268 g/mol. The van der Waals surface area contributed by atoms with Crippen LogP contribution in [-0.4, -0.2) is 35.9 Å². The van der Waals surface area contributed by atoms with Crippen molar-refractivity contribution in [3.63, 3.8) is 0 Å². The highest BCUT2D eigenvalue weighted by molar-refractivity contribution is 9.09. The molecule has 1 aliphatic heterocycles. The third-order valence-corrected chi connectivity index (χ3v) is 4.29. The molecule has 78 valence electrons. The number of rotatable bonds is 2. The molecule has 0 spiro atoms. The lowest BCUT2D eigenvalue weighted by Crippen LogP contribution is -2.37. The highest BCUT2D eigenvalue weighted by Crippen LogP contribution is 2.28. The molecule has 1 aliphatic rings. The number of hydrogen-bond donors (Lipinski definition) is 0. The summed E-state index contributed by atoms with van der Waals surface area (Å²) < 4.78 is 47.2. The van der Waals surface area contributed by atoms with Gasteiger partial charge >= 0.3 is 5.76 Å². The van der Waals surface area contributed by atoms with Crippen molar-refractivity contribution in [1.29, 1.82) is 0 Å². The molecule has 3 nitrogen and oxygen atoms in total. The molecule has 2 unspecified atom stereocenters. The highest BCUT2D eigenvalue weighted by Gasteiger charge is 2.40. The van der Waals surface area contributed by atoms with Gasteiger partial charge in [0.25, 0.3) is 10.0 Å². The van der Waals surface area contributed by atoms with Gasteiger partial charge in [-0.1, -0.05) is 15.9 Å². The molecule has 0 bridgehead atoms. The maximum Gasteiger partial charge on any atom is 0.350 e. The Bertz CT molecular complexity index is 282. The van der Waals surface area contributed by atoms with Gasteiger partial charge in [-0.2, -0.15) is 13.1 Å². The van der Waals surface area contributed by atoms with E-state index < -0.39 is 15.8 Å². The van der Waals surface area contributed by atoms with E-state index in [2.05, 4.69) is 15.9 Å². The second kappa shape index (κ2) is 3.78. The van der Waals surface area contributed by atoms with Crippen molar-refractivity contribution >= 4 is 26.0 Å². The van der Waals surface area contributed by atoms with Gasteiger partial charge in [0.2, 0.25) is 0 Å². The van der Waals surface area contributed by atoms with Crippen molar-refractivity contribution in [3.8, 4) is 0 Å². The van der Waals surface area contributed by atoms with E-state index in [0.717, 1.165) is 4.31 Å². The summed E-state index contributed by atoms with van der Waals surface area (Å²) in [5.41, 5.74) is 0. The molecule has 0 aromatic carbocycles. The van der Waals surface area contributed by atoms with Crippen LogP contribution in [0.15, 0.2) is 0 Å². The zero-order chi connectivity index (χ0) is 10.2. The quantitative estimate of drug-likeness (QED) is 0.716. The Labute approximate surface area is 84.3 Å². The molecule has 0 aromatic heterocycles. The molecule has 1 rings (SSSR count). The number of alkyl halides is 3. The first-order valence-corrected chi connectivity index (χ1v) is 6.20. The summed E-state index contributed by atoms with van der Waals surface area (Å²) in [5, 5.41) is 0. The molecule has 13 heavy (non-hydrogen) atoms. The van der Waals surface area contributed by atoms with Crippen molar-refractivity contribution in [2.75, 3.05) is 6.54 Å². The summed E-state index contributed by atoms with van der Waals surface area (Å²) in [6.45, 7) is 1.76. The predicted octanol–water partition coefficient (Wildman–Crippen LogP) is 1.40. The van der Waals surface area contributed by atoms with Gasteiger partial charge in [-0.15, -0.1) is 0 Å². The third kappa shape index (κ3) is 2.19. The van der Waals surface area contributed by atoms with Gasteiger partial charge in [0.15, 0.2) is 0 Å². The lowest BCUT2D eigenvalue weighted by molar-refractivity contribution is 0.218. The second-order valence-electron chi connectivity index (χ2n) is 3.06. The summed E-state index contributed by atoms with van der Waals surface area (Å²) >= 11 is 3.21. The van der Waals surface area contributed by atoms with Crippen LogP contribution < -0.4 is 0 Å². The number of nitrogens with zero attached hydrogens (tertiary/aromatic N) is 1. The Morgan fingerprint density at radius 3 is 2.38 bits per heavy atom. The molecule has 0 radical (unpaired) electrons. The van der Waals surface area contributed by atoms with Crippen molar-refractivity contribution in [2.24, 2.45) is 0 Å². The third-order valence-electron chi connectivity index (χ3n) is 2.02. The van der Waals surface area contributed by atoms with Crippen LogP contribution in [0.5, 0.6) is 0 Å². The van der Waals surface area contributed by atoms with E-state index in [1.807, 2.05) is 0 Å². The monoisotopic (exact) mass is 277 g/mol. The first-order valence-electron chi connectivity index (χ1n) is 3.78. The lowest BCUT2D eigenvalue weighted by atomic mass is 10.3. The van der Waals surface area contributed by atoms with Crippen LogP contribution in [0.2, 0.25) is 0 Å². The van der Waals surface area contributed by atoms with E-state index >= 15 is 0 Å². The topological polar surface area (TPSA) is 37.4 Å². The SMILES string of the molecule is CC1CC(Br)CN1S(=O)(=O)C(F)F. The molecule has 1 saturated heterocycles. The van der Waals surface area contributed by atoms with E-state index in [1.165, 1.54) is 0 Å². The fourth-order valence-corrected chi connectivity index (χ4v) is 3.62. The van der Waals surface area contributed by atoms with Crippen LogP contribution in [0.4, 0.5) is 8.78 Å². The van der Waals surface area contributed by atoms with Crippen molar-refractivity contribution in [2.45, 2.75) is 30.0 Å². The first kappa shape index (κ1) is 11.3. The molecular formula is C6H10BrF2NO2S. The number of hydrogen-bond acceptors (Lipinski definition) is 2. The molecule has 1 fully saturated rings. The molecule has 0 aromatic rings. The largest absolute Gasteiger partial charge is 0.350 e. The zero-order valence-electron chi connectivity index (χ0n) is 6.95. The summed E-state index contributed by atoms with van der Waals surface area (Å²) in [5.74, 6) is -3.31. The Morgan fingerprint density at radius 2 is 2.08 bits per heavy atom. The van der Waals surface area contributed by atoms with Crippen molar-refractivity contribution in [1.82, 2.24) is 4.31 Å². The highest BCUT2D eigenvalue weighted by atomic mass is 79.9. The van der Waals surface area contributed by atoms with Gasteiger partial charge in [0.1, 0.15) is 0 Å². The van der Waals surface area contributed by atoms with Crippen LogP contribution >= 0.6 is 15.9 Å². The van der Waals surface area contributed by atoms with E-state index in [0.29, 0.717) is 6.42 Å². The molecule has 0 saturated carbocycles. The fraction of sp³-hybridized carbons (Fsp3) is 1.00. The fourth-order valence-electron chi connectivity index (χ4n) is 1.39. The van der Waals surface area contributed by atoms with Crippen LogP contribution in [0.3, 0.4) is 0 Å².